The molecule has 0 aliphatic rings. The molecular formula is C52H36N2S. The summed E-state index contributed by atoms with van der Waals surface area (Å²) in [4.78, 5) is 4.81. The Balaban J connectivity index is 1.19. The number of fused-ring (bicyclic) bond motifs is 5. The molecule has 1 aromatic heterocycles. The summed E-state index contributed by atoms with van der Waals surface area (Å²) in [5.74, 6) is 0. The van der Waals surface area contributed by atoms with Crippen LogP contribution in [0.3, 0.4) is 0 Å². The molecule has 0 saturated heterocycles. The molecule has 0 radical (unpaired) electrons. The van der Waals surface area contributed by atoms with Gasteiger partial charge in [0, 0.05) is 48.6 Å². The van der Waals surface area contributed by atoms with E-state index in [-0.39, 0.29) is 0 Å². The highest BCUT2D eigenvalue weighted by molar-refractivity contribution is 7.26. The number of nitrogens with zero attached hydrogens (tertiary/aromatic N) is 2. The Morgan fingerprint density at radius 3 is 1.35 bits per heavy atom. The van der Waals surface area contributed by atoms with Crippen LogP contribution in [0.1, 0.15) is 0 Å². The molecule has 3 heteroatoms. The summed E-state index contributed by atoms with van der Waals surface area (Å²) >= 11 is 1.88. The van der Waals surface area contributed by atoms with Crippen molar-refractivity contribution in [1.29, 1.82) is 0 Å². The predicted molar refractivity (Wildman–Crippen MR) is 237 cm³/mol. The van der Waals surface area contributed by atoms with Crippen molar-refractivity contribution in [2.75, 3.05) is 9.80 Å². The summed E-state index contributed by atoms with van der Waals surface area (Å²) in [6.07, 6.45) is 0. The highest BCUT2D eigenvalue weighted by atomic mass is 32.1. The van der Waals surface area contributed by atoms with Crippen LogP contribution in [0.5, 0.6) is 0 Å². The molecule has 0 fully saturated rings. The molecule has 9 aromatic carbocycles. The smallest absolute Gasteiger partial charge is 0.0575 e. The van der Waals surface area contributed by atoms with E-state index in [0.29, 0.717) is 0 Å². The molecule has 10 aromatic rings. The van der Waals surface area contributed by atoms with Crippen molar-refractivity contribution < 1.29 is 0 Å². The molecule has 260 valence electrons. The second-order valence-electron chi connectivity index (χ2n) is 13.8. The fourth-order valence-corrected chi connectivity index (χ4v) is 9.09. The normalized spacial score (nSPS) is 11.3. The van der Waals surface area contributed by atoms with Gasteiger partial charge in [0.15, 0.2) is 0 Å². The van der Waals surface area contributed by atoms with E-state index in [2.05, 4.69) is 228 Å². The van der Waals surface area contributed by atoms with Crippen LogP contribution < -0.4 is 9.80 Å². The Kier molecular flexibility index (Phi) is 8.40. The van der Waals surface area contributed by atoms with Crippen molar-refractivity contribution in [3.05, 3.63) is 218 Å². The molecule has 0 atom stereocenters. The van der Waals surface area contributed by atoms with E-state index in [1.165, 1.54) is 53.2 Å². The van der Waals surface area contributed by atoms with E-state index in [4.69, 9.17) is 0 Å². The monoisotopic (exact) mass is 720 g/mol. The van der Waals surface area contributed by atoms with Crippen molar-refractivity contribution in [2.45, 2.75) is 0 Å². The molecule has 10 rings (SSSR count). The molecule has 0 N–H and O–H groups in total. The third kappa shape index (κ3) is 6.11. The molecule has 0 amide bonds. The number of hydrogen-bond acceptors (Lipinski definition) is 3. The topological polar surface area (TPSA) is 6.48 Å². The van der Waals surface area contributed by atoms with Gasteiger partial charge in [0.1, 0.15) is 0 Å². The third-order valence-electron chi connectivity index (χ3n) is 10.4. The maximum Gasteiger partial charge on any atom is 0.0575 e. The fourth-order valence-electron chi connectivity index (χ4n) is 7.80. The average Bonchev–Trinajstić information content (AvgIpc) is 3.65. The van der Waals surface area contributed by atoms with Gasteiger partial charge in [-0.1, -0.05) is 158 Å². The van der Waals surface area contributed by atoms with Crippen LogP contribution in [0, 0.1) is 0 Å². The number of thiophene rings is 1. The van der Waals surface area contributed by atoms with E-state index in [1.54, 1.807) is 0 Å². The summed E-state index contributed by atoms with van der Waals surface area (Å²) in [6, 6.07) is 78.7. The second-order valence-corrected chi connectivity index (χ2v) is 14.8. The van der Waals surface area contributed by atoms with E-state index in [9.17, 15) is 0 Å². The standard InChI is InChI=1S/C52H36N2S/c1-5-15-37(16-6-1)38-25-27-39(28-26-38)40-29-32-45(33-30-40)54(44-22-11-4-12-23-44)49-35-46(53(42-18-7-2-8-19-42)43-20-9-3-10-21-43)36-50-51(49)48-34-31-41-17-13-14-24-47(41)52(48)55-50/h1-36H. The van der Waals surface area contributed by atoms with Crippen LogP contribution in [-0.4, -0.2) is 0 Å². The van der Waals surface area contributed by atoms with Crippen LogP contribution in [0.25, 0.3) is 53.2 Å². The van der Waals surface area contributed by atoms with Gasteiger partial charge >= 0.3 is 0 Å². The van der Waals surface area contributed by atoms with E-state index < -0.39 is 0 Å². The number of anilines is 6. The maximum atomic E-state index is 2.43. The molecule has 0 aliphatic heterocycles. The lowest BCUT2D eigenvalue weighted by molar-refractivity contribution is 1.26. The molecule has 2 nitrogen and oxygen atoms in total. The summed E-state index contributed by atoms with van der Waals surface area (Å²) in [5.41, 5.74) is 11.5. The number of para-hydroxylation sites is 3. The Morgan fingerprint density at radius 1 is 0.309 bits per heavy atom. The van der Waals surface area contributed by atoms with Gasteiger partial charge in [-0.15, -0.1) is 11.3 Å². The molecular weight excluding hydrogens is 685 g/mol. The van der Waals surface area contributed by atoms with E-state index >= 15 is 0 Å². The highest BCUT2D eigenvalue weighted by Crippen LogP contribution is 2.50. The van der Waals surface area contributed by atoms with Crippen LogP contribution >= 0.6 is 11.3 Å². The predicted octanol–water partition coefficient (Wildman–Crippen LogP) is 15.5. The lowest BCUT2D eigenvalue weighted by atomic mass is 10.00. The maximum absolute atomic E-state index is 2.43. The van der Waals surface area contributed by atoms with E-state index in [0.717, 1.165) is 34.1 Å². The summed E-state index contributed by atoms with van der Waals surface area (Å²) in [7, 11) is 0. The van der Waals surface area contributed by atoms with Gasteiger partial charge in [-0.25, -0.2) is 0 Å². The van der Waals surface area contributed by atoms with E-state index in [1.807, 2.05) is 11.3 Å². The molecule has 1 heterocycles. The minimum Gasteiger partial charge on any atom is -0.310 e. The first-order valence-corrected chi connectivity index (χ1v) is 19.5. The fraction of sp³-hybridized carbons (Fsp3) is 0. The van der Waals surface area contributed by atoms with Gasteiger partial charge in [0.25, 0.3) is 0 Å². The molecule has 0 saturated carbocycles. The second kappa shape index (κ2) is 14.1. The quantitative estimate of drug-likeness (QED) is 0.154. The van der Waals surface area contributed by atoms with Crippen LogP contribution in [-0.2, 0) is 0 Å². The Bertz CT molecular complexity index is 2850. The molecule has 55 heavy (non-hydrogen) atoms. The van der Waals surface area contributed by atoms with Crippen LogP contribution in [0.15, 0.2) is 218 Å². The Morgan fingerprint density at radius 2 is 0.764 bits per heavy atom. The largest absolute Gasteiger partial charge is 0.310 e. The minimum atomic E-state index is 1.10. The van der Waals surface area contributed by atoms with Crippen LogP contribution in [0.4, 0.5) is 34.1 Å². The third-order valence-corrected chi connectivity index (χ3v) is 11.6. The van der Waals surface area contributed by atoms with Crippen LogP contribution in [0.2, 0.25) is 0 Å². The summed E-state index contributed by atoms with van der Waals surface area (Å²) in [6.45, 7) is 0. The van der Waals surface area contributed by atoms with Gasteiger partial charge in [0.05, 0.1) is 5.69 Å². The molecule has 0 bridgehead atoms. The van der Waals surface area contributed by atoms with Gasteiger partial charge in [-0.3, -0.25) is 0 Å². The zero-order valence-electron chi connectivity index (χ0n) is 30.1. The number of hydrogen-bond donors (Lipinski definition) is 0. The zero-order chi connectivity index (χ0) is 36.6. The number of benzene rings is 9. The first kappa shape index (κ1) is 32.7. The van der Waals surface area contributed by atoms with Crippen molar-refractivity contribution >= 4 is 76.4 Å². The first-order chi connectivity index (χ1) is 27.3. The van der Waals surface area contributed by atoms with Gasteiger partial charge in [-0.05, 0) is 93.7 Å². The van der Waals surface area contributed by atoms with Crippen molar-refractivity contribution in [3.8, 4) is 22.3 Å². The minimum absolute atomic E-state index is 1.10. The number of rotatable bonds is 8. The summed E-state index contributed by atoms with van der Waals surface area (Å²) < 4.78 is 2.55. The van der Waals surface area contributed by atoms with Crippen molar-refractivity contribution in [2.24, 2.45) is 0 Å². The first-order valence-electron chi connectivity index (χ1n) is 18.7. The average molecular weight is 721 g/mol. The van der Waals surface area contributed by atoms with Gasteiger partial charge in [-0.2, -0.15) is 0 Å². The van der Waals surface area contributed by atoms with Crippen molar-refractivity contribution in [1.82, 2.24) is 0 Å². The Hall–Kier alpha value is -6.94. The highest BCUT2D eigenvalue weighted by Gasteiger charge is 2.23. The van der Waals surface area contributed by atoms with Crippen molar-refractivity contribution in [3.63, 3.8) is 0 Å². The lowest BCUT2D eigenvalue weighted by Gasteiger charge is -2.30. The molecule has 0 spiro atoms. The molecule has 0 aliphatic carbocycles. The van der Waals surface area contributed by atoms with Gasteiger partial charge in [0.2, 0.25) is 0 Å². The molecule has 0 unspecified atom stereocenters. The lowest BCUT2D eigenvalue weighted by Crippen LogP contribution is -2.13. The van der Waals surface area contributed by atoms with Gasteiger partial charge < -0.3 is 9.80 Å². The SMILES string of the molecule is c1ccc(-c2ccc(-c3ccc(N(c4ccccc4)c4cc(N(c5ccccc5)c5ccccc5)cc5sc6c7ccccc7ccc6c45)cc3)cc2)cc1. The zero-order valence-corrected chi connectivity index (χ0v) is 30.9. The Labute approximate surface area is 325 Å². The summed E-state index contributed by atoms with van der Waals surface area (Å²) in [5, 5.41) is 5.05.